The molecule has 0 radical (unpaired) electrons. The summed E-state index contributed by atoms with van der Waals surface area (Å²) in [6, 6.07) is 9.81. The van der Waals surface area contributed by atoms with E-state index in [-0.39, 0.29) is 17.7 Å². The molecule has 120 valence electrons. The number of rotatable bonds is 2. The number of hydrogen-bond acceptors (Lipinski definition) is 2. The molecule has 2 atom stereocenters. The molecule has 0 fully saturated rings. The largest absolute Gasteiger partial charge is 0.272 e. The van der Waals surface area contributed by atoms with Crippen molar-refractivity contribution >= 4 is 17.5 Å². The van der Waals surface area contributed by atoms with Crippen LogP contribution in [-0.4, -0.2) is 15.7 Å². The van der Waals surface area contributed by atoms with E-state index in [9.17, 15) is 4.79 Å². The first kappa shape index (κ1) is 16.0. The summed E-state index contributed by atoms with van der Waals surface area (Å²) in [6.45, 7) is 5.98. The third-order valence-electron chi connectivity index (χ3n) is 4.58. The van der Waals surface area contributed by atoms with Gasteiger partial charge in [0.1, 0.15) is 0 Å². The van der Waals surface area contributed by atoms with Crippen LogP contribution in [0.5, 0.6) is 0 Å². The second kappa shape index (κ2) is 6.32. The summed E-state index contributed by atoms with van der Waals surface area (Å²) in [7, 11) is 0. The normalized spacial score (nSPS) is 21.1. The fraction of sp³-hybridized carbons (Fsp3) is 0.368. The Morgan fingerprint density at radius 2 is 1.91 bits per heavy atom. The summed E-state index contributed by atoms with van der Waals surface area (Å²) in [5.74, 6) is 0.172. The van der Waals surface area contributed by atoms with E-state index in [4.69, 9.17) is 11.6 Å². The molecule has 0 amide bonds. The summed E-state index contributed by atoms with van der Waals surface area (Å²) < 4.78 is 1.57. The first-order valence-corrected chi connectivity index (χ1v) is 8.32. The van der Waals surface area contributed by atoms with Gasteiger partial charge in [0, 0.05) is 10.7 Å². The van der Waals surface area contributed by atoms with E-state index in [0.717, 1.165) is 29.3 Å². The van der Waals surface area contributed by atoms with Crippen LogP contribution in [0.1, 0.15) is 47.4 Å². The standard InChI is InChI=1S/C19H21ClN2O/c1-12-4-9-17(19(23)22-14(3)11-13(2)21-22)18(10-12)15-5-7-16(20)8-6-15/h4-8,11,17-18H,9-10H2,1-3H3/t17-,18+/m0/s1. The molecule has 4 heteroatoms. The maximum absolute atomic E-state index is 13.0. The minimum Gasteiger partial charge on any atom is -0.272 e. The van der Waals surface area contributed by atoms with Gasteiger partial charge in [-0.15, -0.1) is 0 Å². The van der Waals surface area contributed by atoms with Gasteiger partial charge in [-0.2, -0.15) is 5.10 Å². The van der Waals surface area contributed by atoms with E-state index >= 15 is 0 Å². The monoisotopic (exact) mass is 328 g/mol. The van der Waals surface area contributed by atoms with E-state index in [1.54, 1.807) is 4.68 Å². The molecule has 0 bridgehead atoms. The predicted molar refractivity (Wildman–Crippen MR) is 93.0 cm³/mol. The van der Waals surface area contributed by atoms with E-state index in [1.165, 1.54) is 11.1 Å². The lowest BCUT2D eigenvalue weighted by Crippen LogP contribution is -2.30. The molecule has 2 aromatic rings. The van der Waals surface area contributed by atoms with Crippen LogP contribution in [0.25, 0.3) is 0 Å². The molecular formula is C19H21ClN2O. The van der Waals surface area contributed by atoms with Crippen molar-refractivity contribution in [2.24, 2.45) is 5.92 Å². The Labute approximate surface area is 142 Å². The summed E-state index contributed by atoms with van der Waals surface area (Å²) in [5.41, 5.74) is 4.28. The van der Waals surface area contributed by atoms with Crippen LogP contribution in [0, 0.1) is 19.8 Å². The van der Waals surface area contributed by atoms with Crippen LogP contribution in [0.2, 0.25) is 5.02 Å². The van der Waals surface area contributed by atoms with Crippen molar-refractivity contribution in [2.75, 3.05) is 0 Å². The minimum absolute atomic E-state index is 0.0827. The number of allylic oxidation sites excluding steroid dienone is 2. The van der Waals surface area contributed by atoms with Crippen LogP contribution in [0.15, 0.2) is 42.0 Å². The molecule has 0 saturated carbocycles. The molecule has 1 aromatic heterocycles. The lowest BCUT2D eigenvalue weighted by atomic mass is 9.75. The molecule has 3 rings (SSSR count). The Bertz CT molecular complexity index is 758. The van der Waals surface area contributed by atoms with Crippen molar-refractivity contribution in [1.82, 2.24) is 9.78 Å². The number of aromatic nitrogens is 2. The maximum atomic E-state index is 13.0. The molecule has 0 aliphatic heterocycles. The van der Waals surface area contributed by atoms with Gasteiger partial charge >= 0.3 is 0 Å². The average Bonchev–Trinajstić information content (AvgIpc) is 2.86. The zero-order valence-corrected chi connectivity index (χ0v) is 14.5. The lowest BCUT2D eigenvalue weighted by molar-refractivity contribution is 0.0788. The van der Waals surface area contributed by atoms with Crippen molar-refractivity contribution in [1.29, 1.82) is 0 Å². The van der Waals surface area contributed by atoms with Gasteiger partial charge in [0.05, 0.1) is 11.6 Å². The maximum Gasteiger partial charge on any atom is 0.251 e. The average molecular weight is 329 g/mol. The first-order valence-electron chi connectivity index (χ1n) is 7.94. The highest BCUT2D eigenvalue weighted by molar-refractivity contribution is 6.30. The van der Waals surface area contributed by atoms with Crippen LogP contribution < -0.4 is 0 Å². The Morgan fingerprint density at radius 3 is 2.52 bits per heavy atom. The highest BCUT2D eigenvalue weighted by Crippen LogP contribution is 2.38. The Hall–Kier alpha value is -1.87. The second-order valence-electron chi connectivity index (χ2n) is 6.43. The van der Waals surface area contributed by atoms with Gasteiger partial charge in [0.25, 0.3) is 5.91 Å². The molecule has 1 aliphatic rings. The Balaban J connectivity index is 1.96. The molecule has 0 unspecified atom stereocenters. The van der Waals surface area contributed by atoms with E-state index in [0.29, 0.717) is 0 Å². The van der Waals surface area contributed by atoms with Crippen molar-refractivity contribution in [3.8, 4) is 0 Å². The molecule has 3 nitrogen and oxygen atoms in total. The van der Waals surface area contributed by atoms with Gasteiger partial charge in [-0.05, 0) is 63.3 Å². The van der Waals surface area contributed by atoms with Crippen molar-refractivity contribution in [2.45, 2.75) is 39.5 Å². The first-order chi connectivity index (χ1) is 11.0. The zero-order valence-electron chi connectivity index (χ0n) is 13.7. The summed E-state index contributed by atoms with van der Waals surface area (Å²) in [4.78, 5) is 13.0. The fourth-order valence-corrected chi connectivity index (χ4v) is 3.53. The van der Waals surface area contributed by atoms with Gasteiger partial charge in [-0.25, -0.2) is 4.68 Å². The van der Waals surface area contributed by atoms with Crippen LogP contribution in [-0.2, 0) is 0 Å². The van der Waals surface area contributed by atoms with Crippen molar-refractivity contribution in [3.05, 3.63) is 64.0 Å². The predicted octanol–water partition coefficient (Wildman–Crippen LogP) is 4.93. The second-order valence-corrected chi connectivity index (χ2v) is 6.87. The topological polar surface area (TPSA) is 34.9 Å². The van der Waals surface area contributed by atoms with Crippen LogP contribution in [0.3, 0.4) is 0 Å². The Morgan fingerprint density at radius 1 is 1.22 bits per heavy atom. The number of aryl methyl sites for hydroxylation is 2. The number of hydrogen-bond donors (Lipinski definition) is 0. The fourth-order valence-electron chi connectivity index (χ4n) is 3.41. The molecule has 0 spiro atoms. The number of carbonyl (C=O) groups excluding carboxylic acids is 1. The molecule has 23 heavy (non-hydrogen) atoms. The van der Waals surface area contributed by atoms with Crippen LogP contribution >= 0.6 is 11.6 Å². The van der Waals surface area contributed by atoms with E-state index in [1.807, 2.05) is 44.2 Å². The third-order valence-corrected chi connectivity index (χ3v) is 4.83. The van der Waals surface area contributed by atoms with E-state index < -0.39 is 0 Å². The van der Waals surface area contributed by atoms with Gasteiger partial charge < -0.3 is 0 Å². The highest BCUT2D eigenvalue weighted by atomic mass is 35.5. The van der Waals surface area contributed by atoms with Gasteiger partial charge in [-0.1, -0.05) is 35.4 Å². The zero-order chi connectivity index (χ0) is 16.6. The SMILES string of the molecule is CC1=CC[C@H](C(=O)n2nc(C)cc2C)[C@@H](c2ccc(Cl)cc2)C1. The summed E-state index contributed by atoms with van der Waals surface area (Å²) in [5, 5.41) is 5.09. The molecule has 1 aromatic carbocycles. The molecule has 0 saturated heterocycles. The van der Waals surface area contributed by atoms with Gasteiger partial charge in [0.2, 0.25) is 0 Å². The number of nitrogens with zero attached hydrogens (tertiary/aromatic N) is 2. The van der Waals surface area contributed by atoms with Crippen molar-refractivity contribution in [3.63, 3.8) is 0 Å². The van der Waals surface area contributed by atoms with Crippen molar-refractivity contribution < 1.29 is 4.79 Å². The number of carbonyl (C=O) groups is 1. The Kier molecular flexibility index (Phi) is 4.40. The summed E-state index contributed by atoms with van der Waals surface area (Å²) >= 11 is 6.01. The molecule has 1 aliphatic carbocycles. The van der Waals surface area contributed by atoms with Gasteiger partial charge in [0.15, 0.2) is 0 Å². The molecular weight excluding hydrogens is 308 g/mol. The third kappa shape index (κ3) is 3.25. The lowest BCUT2D eigenvalue weighted by Gasteiger charge is -2.30. The molecule has 1 heterocycles. The number of halogens is 1. The smallest absolute Gasteiger partial charge is 0.251 e. The van der Waals surface area contributed by atoms with Gasteiger partial charge in [-0.3, -0.25) is 4.79 Å². The summed E-state index contributed by atoms with van der Waals surface area (Å²) in [6.07, 6.45) is 3.84. The van der Waals surface area contributed by atoms with E-state index in [2.05, 4.69) is 18.1 Å². The minimum atomic E-state index is -0.0853. The highest BCUT2D eigenvalue weighted by Gasteiger charge is 2.33. The van der Waals surface area contributed by atoms with Crippen LogP contribution in [0.4, 0.5) is 0 Å². The molecule has 0 N–H and O–H groups in total. The number of benzene rings is 1. The quantitative estimate of drug-likeness (QED) is 0.732.